The van der Waals surface area contributed by atoms with Gasteiger partial charge in [-0.15, -0.1) is 11.6 Å². The fraction of sp³-hybridized carbons (Fsp3) is 0.417. The lowest BCUT2D eigenvalue weighted by molar-refractivity contribution is -0.113. The van der Waals surface area contributed by atoms with Crippen molar-refractivity contribution in [2.45, 2.75) is 12.5 Å². The standard InChI is InChI=1S/C12H14ClN3O4/c13-5-10(17)15-8-1-2-9(12(18)19)16-11(8)14-6-7-3-4-20-7/h1-2,7H,3-6H2,(H,14,16)(H,15,17)(H,18,19)/t7-/m0/s1. The van der Waals surface area contributed by atoms with Crippen LogP contribution in [-0.2, 0) is 9.53 Å². The number of rotatable bonds is 6. The van der Waals surface area contributed by atoms with E-state index in [4.69, 9.17) is 21.4 Å². The van der Waals surface area contributed by atoms with Crippen molar-refractivity contribution in [3.05, 3.63) is 17.8 Å². The number of nitrogens with zero attached hydrogens (tertiary/aromatic N) is 1. The predicted molar refractivity (Wildman–Crippen MR) is 73.4 cm³/mol. The molecule has 1 aliphatic heterocycles. The molecule has 1 atom stereocenters. The molecule has 0 unspecified atom stereocenters. The zero-order valence-electron chi connectivity index (χ0n) is 10.6. The molecule has 0 saturated carbocycles. The molecule has 3 N–H and O–H groups in total. The number of aromatic nitrogens is 1. The van der Waals surface area contributed by atoms with Crippen molar-refractivity contribution < 1.29 is 19.4 Å². The molecular formula is C12H14ClN3O4. The molecule has 1 aromatic rings. The van der Waals surface area contributed by atoms with Gasteiger partial charge in [0.25, 0.3) is 0 Å². The largest absolute Gasteiger partial charge is 0.477 e. The van der Waals surface area contributed by atoms with E-state index >= 15 is 0 Å². The maximum absolute atomic E-state index is 11.3. The zero-order valence-corrected chi connectivity index (χ0v) is 11.3. The first kappa shape index (κ1) is 14.5. The van der Waals surface area contributed by atoms with Crippen molar-refractivity contribution in [2.24, 2.45) is 0 Å². The lowest BCUT2D eigenvalue weighted by atomic mass is 10.2. The molecule has 1 aromatic heterocycles. The Balaban J connectivity index is 2.14. The number of aromatic carboxylic acids is 1. The number of hydrogen-bond acceptors (Lipinski definition) is 5. The molecule has 2 rings (SSSR count). The van der Waals surface area contributed by atoms with E-state index in [1.165, 1.54) is 12.1 Å². The van der Waals surface area contributed by atoms with Crippen LogP contribution >= 0.6 is 11.6 Å². The molecule has 7 nitrogen and oxygen atoms in total. The molecule has 0 aliphatic carbocycles. The van der Waals surface area contributed by atoms with Crippen LogP contribution in [0.4, 0.5) is 11.5 Å². The maximum atomic E-state index is 11.3. The van der Waals surface area contributed by atoms with Crippen molar-refractivity contribution >= 4 is 35.0 Å². The summed E-state index contributed by atoms with van der Waals surface area (Å²) >= 11 is 5.43. The Hall–Kier alpha value is -1.86. The average Bonchev–Trinajstić information content (AvgIpc) is 2.38. The van der Waals surface area contributed by atoms with Gasteiger partial charge in [-0.05, 0) is 18.6 Å². The minimum atomic E-state index is -1.14. The average molecular weight is 300 g/mol. The molecule has 20 heavy (non-hydrogen) atoms. The predicted octanol–water partition coefficient (Wildman–Crippen LogP) is 1.16. The van der Waals surface area contributed by atoms with E-state index in [0.29, 0.717) is 18.1 Å². The third-order valence-electron chi connectivity index (χ3n) is 2.80. The Kier molecular flexibility index (Phi) is 4.75. The van der Waals surface area contributed by atoms with Crippen LogP contribution in [-0.4, -0.2) is 47.1 Å². The molecule has 0 spiro atoms. The van der Waals surface area contributed by atoms with E-state index < -0.39 is 5.97 Å². The topological polar surface area (TPSA) is 101 Å². The van der Waals surface area contributed by atoms with Gasteiger partial charge in [0.2, 0.25) is 5.91 Å². The second-order valence-corrected chi connectivity index (χ2v) is 4.51. The number of carbonyl (C=O) groups excluding carboxylic acids is 1. The molecule has 1 aliphatic rings. The normalized spacial score (nSPS) is 17.1. The van der Waals surface area contributed by atoms with Gasteiger partial charge in [0.05, 0.1) is 11.8 Å². The van der Waals surface area contributed by atoms with Gasteiger partial charge in [0, 0.05) is 13.2 Å². The minimum absolute atomic E-state index is 0.0851. The Bertz CT molecular complexity index is 519. The maximum Gasteiger partial charge on any atom is 0.354 e. The van der Waals surface area contributed by atoms with E-state index in [1.54, 1.807) is 0 Å². The summed E-state index contributed by atoms with van der Waals surface area (Å²) in [5, 5.41) is 14.5. The molecule has 0 aromatic carbocycles. The van der Waals surface area contributed by atoms with Crippen LogP contribution in [0.25, 0.3) is 0 Å². The molecule has 8 heteroatoms. The highest BCUT2D eigenvalue weighted by Crippen LogP contribution is 2.21. The number of pyridine rings is 1. The number of carbonyl (C=O) groups is 2. The van der Waals surface area contributed by atoms with E-state index in [9.17, 15) is 9.59 Å². The summed E-state index contributed by atoms with van der Waals surface area (Å²) in [5.41, 5.74) is 0.283. The molecular weight excluding hydrogens is 286 g/mol. The molecule has 1 saturated heterocycles. The van der Waals surface area contributed by atoms with E-state index in [0.717, 1.165) is 13.0 Å². The zero-order chi connectivity index (χ0) is 14.5. The third-order valence-corrected chi connectivity index (χ3v) is 3.04. The van der Waals surface area contributed by atoms with E-state index in [2.05, 4.69) is 15.6 Å². The molecule has 0 radical (unpaired) electrons. The molecule has 1 amide bonds. The SMILES string of the molecule is O=C(CCl)Nc1ccc(C(=O)O)nc1NC[C@@H]1CCO1. The monoisotopic (exact) mass is 299 g/mol. The number of halogens is 1. The van der Waals surface area contributed by atoms with Crippen molar-refractivity contribution in [3.8, 4) is 0 Å². The van der Waals surface area contributed by atoms with Gasteiger partial charge < -0.3 is 20.5 Å². The van der Waals surface area contributed by atoms with Gasteiger partial charge >= 0.3 is 5.97 Å². The second-order valence-electron chi connectivity index (χ2n) is 4.24. The second kappa shape index (κ2) is 6.53. The van der Waals surface area contributed by atoms with Crippen LogP contribution in [0.1, 0.15) is 16.9 Å². The van der Waals surface area contributed by atoms with Crippen molar-refractivity contribution in [2.75, 3.05) is 29.7 Å². The summed E-state index contributed by atoms with van der Waals surface area (Å²) < 4.78 is 5.26. The smallest absolute Gasteiger partial charge is 0.354 e. The first-order valence-corrected chi connectivity index (χ1v) is 6.59. The van der Waals surface area contributed by atoms with Crippen molar-refractivity contribution in [1.82, 2.24) is 4.98 Å². The summed E-state index contributed by atoms with van der Waals surface area (Å²) in [7, 11) is 0. The van der Waals surface area contributed by atoms with Gasteiger partial charge in [0.15, 0.2) is 11.5 Å². The van der Waals surface area contributed by atoms with Crippen molar-refractivity contribution in [3.63, 3.8) is 0 Å². The van der Waals surface area contributed by atoms with Crippen LogP contribution in [0.15, 0.2) is 12.1 Å². The quantitative estimate of drug-likeness (QED) is 0.682. The number of amides is 1. The number of alkyl halides is 1. The molecule has 2 heterocycles. The number of carboxylic acids is 1. The van der Waals surface area contributed by atoms with Gasteiger partial charge in [-0.2, -0.15) is 0 Å². The number of ether oxygens (including phenoxy) is 1. The van der Waals surface area contributed by atoms with Crippen LogP contribution < -0.4 is 10.6 Å². The molecule has 0 bridgehead atoms. The Morgan fingerprint density at radius 1 is 1.50 bits per heavy atom. The molecule has 1 fully saturated rings. The fourth-order valence-corrected chi connectivity index (χ4v) is 1.72. The summed E-state index contributed by atoms with van der Waals surface area (Å²) in [5.74, 6) is -1.42. The van der Waals surface area contributed by atoms with E-state index in [1.807, 2.05) is 0 Å². The van der Waals surface area contributed by atoms with Crippen molar-refractivity contribution in [1.29, 1.82) is 0 Å². The van der Waals surface area contributed by atoms with Crippen LogP contribution in [0.3, 0.4) is 0 Å². The summed E-state index contributed by atoms with van der Waals surface area (Å²) in [6.07, 6.45) is 1.02. The van der Waals surface area contributed by atoms with Crippen LogP contribution in [0.2, 0.25) is 0 Å². The number of hydrogen-bond donors (Lipinski definition) is 3. The van der Waals surface area contributed by atoms with Gasteiger partial charge in [0.1, 0.15) is 5.88 Å². The Morgan fingerprint density at radius 2 is 2.25 bits per heavy atom. The first-order chi connectivity index (χ1) is 9.60. The summed E-state index contributed by atoms with van der Waals surface area (Å²) in [6, 6.07) is 2.79. The van der Waals surface area contributed by atoms with Crippen LogP contribution in [0.5, 0.6) is 0 Å². The highest BCUT2D eigenvalue weighted by Gasteiger charge is 2.19. The van der Waals surface area contributed by atoms with Gasteiger partial charge in [-0.1, -0.05) is 0 Å². The Labute approximate surface area is 120 Å². The third kappa shape index (κ3) is 3.58. The van der Waals surface area contributed by atoms with E-state index in [-0.39, 0.29) is 23.6 Å². The van der Waals surface area contributed by atoms with Gasteiger partial charge in [-0.25, -0.2) is 9.78 Å². The summed E-state index contributed by atoms with van der Waals surface area (Å²) in [6.45, 7) is 1.23. The number of carboxylic acid groups (broad SMARTS) is 1. The fourth-order valence-electron chi connectivity index (χ4n) is 1.65. The highest BCUT2D eigenvalue weighted by atomic mass is 35.5. The Morgan fingerprint density at radius 3 is 2.80 bits per heavy atom. The first-order valence-electron chi connectivity index (χ1n) is 6.05. The molecule has 108 valence electrons. The number of anilines is 2. The minimum Gasteiger partial charge on any atom is -0.477 e. The van der Waals surface area contributed by atoms with Crippen LogP contribution in [0, 0.1) is 0 Å². The number of nitrogens with one attached hydrogen (secondary N) is 2. The van der Waals surface area contributed by atoms with Gasteiger partial charge in [-0.3, -0.25) is 4.79 Å². The highest BCUT2D eigenvalue weighted by molar-refractivity contribution is 6.29. The summed E-state index contributed by atoms with van der Waals surface area (Å²) in [4.78, 5) is 26.2. The lowest BCUT2D eigenvalue weighted by Crippen LogP contribution is -2.34. The lowest BCUT2D eigenvalue weighted by Gasteiger charge is -2.27.